The molecule has 6 nitrogen and oxygen atoms in total. The Labute approximate surface area is 119 Å². The first-order chi connectivity index (χ1) is 9.56. The van der Waals surface area contributed by atoms with E-state index in [4.69, 9.17) is 5.73 Å². The molecule has 1 aliphatic heterocycles. The zero-order valence-corrected chi connectivity index (χ0v) is 11.9. The van der Waals surface area contributed by atoms with Gasteiger partial charge < -0.3 is 15.2 Å². The van der Waals surface area contributed by atoms with Crippen molar-refractivity contribution in [3.63, 3.8) is 0 Å². The van der Waals surface area contributed by atoms with Gasteiger partial charge in [-0.05, 0) is 18.8 Å². The second kappa shape index (κ2) is 6.54. The SMILES string of the molecule is Cn1ccnc1CCC(=O)N1CCC(CC(N)=O)CC1. The van der Waals surface area contributed by atoms with Gasteiger partial charge in [0, 0.05) is 51.8 Å². The number of nitrogens with two attached hydrogens (primary N) is 1. The summed E-state index contributed by atoms with van der Waals surface area (Å²) in [4.78, 5) is 29.1. The Kier molecular flexibility index (Phi) is 4.76. The first-order valence-electron chi connectivity index (χ1n) is 7.08. The Morgan fingerprint density at radius 1 is 1.40 bits per heavy atom. The van der Waals surface area contributed by atoms with Crippen LogP contribution in [0.1, 0.15) is 31.5 Å². The molecule has 0 spiro atoms. The smallest absolute Gasteiger partial charge is 0.223 e. The molecule has 0 saturated carbocycles. The summed E-state index contributed by atoms with van der Waals surface area (Å²) in [6, 6.07) is 0. The second-order valence-electron chi connectivity index (χ2n) is 5.45. The number of rotatable bonds is 5. The number of amides is 2. The molecular formula is C14H22N4O2. The number of hydrogen-bond acceptors (Lipinski definition) is 3. The van der Waals surface area contributed by atoms with Crippen LogP contribution in [-0.4, -0.2) is 39.4 Å². The number of hydrogen-bond donors (Lipinski definition) is 1. The summed E-state index contributed by atoms with van der Waals surface area (Å²) in [6.45, 7) is 1.47. The number of carbonyl (C=O) groups excluding carboxylic acids is 2. The molecule has 2 amide bonds. The summed E-state index contributed by atoms with van der Waals surface area (Å²) < 4.78 is 1.94. The fourth-order valence-corrected chi connectivity index (χ4v) is 2.69. The van der Waals surface area contributed by atoms with Crippen molar-refractivity contribution in [1.82, 2.24) is 14.5 Å². The van der Waals surface area contributed by atoms with Crippen LogP contribution in [0.25, 0.3) is 0 Å². The highest BCUT2D eigenvalue weighted by molar-refractivity contribution is 5.76. The highest BCUT2D eigenvalue weighted by atomic mass is 16.2. The van der Waals surface area contributed by atoms with E-state index in [0.717, 1.165) is 31.8 Å². The van der Waals surface area contributed by atoms with Gasteiger partial charge in [0.25, 0.3) is 0 Å². The van der Waals surface area contributed by atoms with E-state index in [1.165, 1.54) is 0 Å². The van der Waals surface area contributed by atoms with E-state index in [0.29, 0.717) is 25.2 Å². The van der Waals surface area contributed by atoms with Gasteiger partial charge in [0.15, 0.2) is 0 Å². The van der Waals surface area contributed by atoms with Crippen LogP contribution in [-0.2, 0) is 23.1 Å². The topological polar surface area (TPSA) is 81.2 Å². The van der Waals surface area contributed by atoms with Gasteiger partial charge in [-0.2, -0.15) is 0 Å². The number of aromatic nitrogens is 2. The van der Waals surface area contributed by atoms with Gasteiger partial charge in [0.1, 0.15) is 5.82 Å². The molecule has 0 aromatic carbocycles. The van der Waals surface area contributed by atoms with Gasteiger partial charge in [-0.15, -0.1) is 0 Å². The van der Waals surface area contributed by atoms with Crippen molar-refractivity contribution >= 4 is 11.8 Å². The van der Waals surface area contributed by atoms with E-state index in [9.17, 15) is 9.59 Å². The van der Waals surface area contributed by atoms with Crippen molar-refractivity contribution in [3.05, 3.63) is 18.2 Å². The first-order valence-corrected chi connectivity index (χ1v) is 7.08. The average Bonchev–Trinajstić information content (AvgIpc) is 2.82. The third kappa shape index (κ3) is 3.82. The Morgan fingerprint density at radius 3 is 2.65 bits per heavy atom. The van der Waals surface area contributed by atoms with Crippen molar-refractivity contribution in [2.24, 2.45) is 18.7 Å². The summed E-state index contributed by atoms with van der Waals surface area (Å²) in [5.41, 5.74) is 5.21. The number of imidazole rings is 1. The summed E-state index contributed by atoms with van der Waals surface area (Å²) in [5.74, 6) is 1.20. The number of carbonyl (C=O) groups is 2. The largest absolute Gasteiger partial charge is 0.370 e. The fourth-order valence-electron chi connectivity index (χ4n) is 2.69. The first kappa shape index (κ1) is 14.6. The van der Waals surface area contributed by atoms with Crippen molar-refractivity contribution in [3.8, 4) is 0 Å². The van der Waals surface area contributed by atoms with Crippen LogP contribution in [0.4, 0.5) is 0 Å². The zero-order valence-electron chi connectivity index (χ0n) is 11.9. The van der Waals surface area contributed by atoms with Crippen molar-refractivity contribution in [1.29, 1.82) is 0 Å². The standard InChI is InChI=1S/C14H22N4O2/c1-17-9-6-16-13(17)2-3-14(20)18-7-4-11(5-8-18)10-12(15)19/h6,9,11H,2-5,7-8,10H2,1H3,(H2,15,19). The lowest BCUT2D eigenvalue weighted by molar-refractivity contribution is -0.132. The molecule has 0 radical (unpaired) electrons. The third-order valence-corrected chi connectivity index (χ3v) is 3.94. The van der Waals surface area contributed by atoms with Crippen molar-refractivity contribution in [2.75, 3.05) is 13.1 Å². The molecule has 1 aliphatic rings. The molecule has 2 heterocycles. The van der Waals surface area contributed by atoms with Gasteiger partial charge >= 0.3 is 0 Å². The van der Waals surface area contributed by atoms with Crippen LogP contribution in [0, 0.1) is 5.92 Å². The van der Waals surface area contributed by atoms with Crippen LogP contribution in [0.15, 0.2) is 12.4 Å². The van der Waals surface area contributed by atoms with Gasteiger partial charge in [-0.1, -0.05) is 0 Å². The highest BCUT2D eigenvalue weighted by Crippen LogP contribution is 2.20. The minimum absolute atomic E-state index is 0.172. The molecule has 20 heavy (non-hydrogen) atoms. The molecule has 0 bridgehead atoms. The lowest BCUT2D eigenvalue weighted by Gasteiger charge is -2.31. The Bertz CT molecular complexity index is 475. The molecule has 1 aromatic rings. The predicted molar refractivity (Wildman–Crippen MR) is 74.6 cm³/mol. The fraction of sp³-hybridized carbons (Fsp3) is 0.643. The summed E-state index contributed by atoms with van der Waals surface area (Å²) in [6.07, 6.45) is 6.97. The van der Waals surface area contributed by atoms with Crippen LogP contribution >= 0.6 is 0 Å². The molecule has 0 unspecified atom stereocenters. The van der Waals surface area contributed by atoms with Crippen LogP contribution < -0.4 is 5.73 Å². The van der Waals surface area contributed by atoms with Gasteiger partial charge in [-0.3, -0.25) is 9.59 Å². The summed E-state index contributed by atoms with van der Waals surface area (Å²) >= 11 is 0. The van der Waals surface area contributed by atoms with Crippen molar-refractivity contribution < 1.29 is 9.59 Å². The Balaban J connectivity index is 1.74. The van der Waals surface area contributed by atoms with E-state index in [1.807, 2.05) is 22.7 Å². The minimum Gasteiger partial charge on any atom is -0.370 e. The number of piperidine rings is 1. The van der Waals surface area contributed by atoms with Gasteiger partial charge in [0.05, 0.1) is 0 Å². The van der Waals surface area contributed by atoms with E-state index in [2.05, 4.69) is 4.98 Å². The zero-order chi connectivity index (χ0) is 14.5. The molecule has 6 heteroatoms. The quantitative estimate of drug-likeness (QED) is 0.850. The highest BCUT2D eigenvalue weighted by Gasteiger charge is 2.23. The van der Waals surface area contributed by atoms with E-state index < -0.39 is 0 Å². The maximum absolute atomic E-state index is 12.1. The van der Waals surface area contributed by atoms with Crippen molar-refractivity contribution in [2.45, 2.75) is 32.1 Å². The molecule has 1 saturated heterocycles. The molecule has 110 valence electrons. The van der Waals surface area contributed by atoms with Crippen LogP contribution in [0.2, 0.25) is 0 Å². The average molecular weight is 278 g/mol. The van der Waals surface area contributed by atoms with E-state index in [1.54, 1.807) is 6.20 Å². The molecule has 2 rings (SSSR count). The molecule has 0 atom stereocenters. The molecule has 1 aromatic heterocycles. The molecular weight excluding hydrogens is 256 g/mol. The number of primary amides is 1. The lowest BCUT2D eigenvalue weighted by Crippen LogP contribution is -2.39. The summed E-state index contributed by atoms with van der Waals surface area (Å²) in [7, 11) is 1.93. The summed E-state index contributed by atoms with van der Waals surface area (Å²) in [5, 5.41) is 0. The Morgan fingerprint density at radius 2 is 2.10 bits per heavy atom. The number of aryl methyl sites for hydroxylation is 2. The predicted octanol–water partition coefficient (Wildman–Crippen LogP) is 0.467. The maximum Gasteiger partial charge on any atom is 0.223 e. The van der Waals surface area contributed by atoms with Gasteiger partial charge in [0.2, 0.25) is 11.8 Å². The molecule has 0 aliphatic carbocycles. The second-order valence-corrected chi connectivity index (χ2v) is 5.45. The van der Waals surface area contributed by atoms with Gasteiger partial charge in [-0.25, -0.2) is 4.98 Å². The third-order valence-electron chi connectivity index (χ3n) is 3.94. The normalized spacial score (nSPS) is 16.4. The van der Waals surface area contributed by atoms with Crippen LogP contribution in [0.3, 0.4) is 0 Å². The monoisotopic (exact) mass is 278 g/mol. The number of nitrogens with zero attached hydrogens (tertiary/aromatic N) is 3. The van der Waals surface area contributed by atoms with Crippen LogP contribution in [0.5, 0.6) is 0 Å². The maximum atomic E-state index is 12.1. The van der Waals surface area contributed by atoms with E-state index >= 15 is 0 Å². The molecule has 2 N–H and O–H groups in total. The number of likely N-dealkylation sites (tertiary alicyclic amines) is 1. The molecule has 1 fully saturated rings. The Hall–Kier alpha value is -1.85. The minimum atomic E-state index is -0.246. The lowest BCUT2D eigenvalue weighted by atomic mass is 9.93. The van der Waals surface area contributed by atoms with E-state index in [-0.39, 0.29) is 11.8 Å².